The fourth-order valence-corrected chi connectivity index (χ4v) is 5.12. The van der Waals surface area contributed by atoms with Gasteiger partial charge in [-0.2, -0.15) is 0 Å². The maximum atomic E-state index is 13.0. The van der Waals surface area contributed by atoms with E-state index >= 15 is 0 Å². The van der Waals surface area contributed by atoms with Crippen LogP contribution in [0.4, 0.5) is 0 Å². The lowest BCUT2D eigenvalue weighted by Gasteiger charge is -2.23. The van der Waals surface area contributed by atoms with E-state index in [-0.39, 0.29) is 5.43 Å². The topological polar surface area (TPSA) is 91.1 Å². The van der Waals surface area contributed by atoms with Crippen molar-refractivity contribution in [3.8, 4) is 11.3 Å². The molecule has 0 unspecified atom stereocenters. The van der Waals surface area contributed by atoms with E-state index in [9.17, 15) is 9.59 Å². The SMILES string of the molecule is CC(C)Cc1nc2cc3c(=O)cc(-c4ccc(C(N)=O)cc4)oc3cc2n1CC1CCCCC1. The molecular formula is C28H31N3O3. The van der Waals surface area contributed by atoms with Crippen LogP contribution in [0.5, 0.6) is 0 Å². The molecule has 4 aromatic rings. The number of imidazole rings is 1. The predicted molar refractivity (Wildman–Crippen MR) is 135 cm³/mol. The second-order valence-electron chi connectivity index (χ2n) is 9.99. The Kier molecular flexibility index (Phi) is 5.98. The number of benzene rings is 2. The van der Waals surface area contributed by atoms with Gasteiger partial charge in [0.05, 0.1) is 16.4 Å². The molecule has 2 aromatic carbocycles. The third-order valence-corrected chi connectivity index (χ3v) is 6.89. The molecule has 0 saturated heterocycles. The van der Waals surface area contributed by atoms with Crippen molar-refractivity contribution in [2.45, 2.75) is 58.9 Å². The lowest BCUT2D eigenvalue weighted by Crippen LogP contribution is -2.16. The minimum absolute atomic E-state index is 0.107. The van der Waals surface area contributed by atoms with Gasteiger partial charge in [-0.25, -0.2) is 4.98 Å². The largest absolute Gasteiger partial charge is 0.456 e. The predicted octanol–water partition coefficient (Wildman–Crippen LogP) is 5.69. The fourth-order valence-electron chi connectivity index (χ4n) is 5.12. The van der Waals surface area contributed by atoms with Crippen LogP contribution in [-0.4, -0.2) is 15.5 Å². The number of carbonyl (C=O) groups excluding carboxylic acids is 1. The summed E-state index contributed by atoms with van der Waals surface area (Å²) in [6.07, 6.45) is 7.35. The van der Waals surface area contributed by atoms with Gasteiger partial charge in [0.25, 0.3) is 0 Å². The summed E-state index contributed by atoms with van der Waals surface area (Å²) in [7, 11) is 0. The zero-order chi connectivity index (χ0) is 23.8. The lowest BCUT2D eigenvalue weighted by molar-refractivity contribution is 0.100. The van der Waals surface area contributed by atoms with Crippen molar-refractivity contribution in [2.24, 2.45) is 17.6 Å². The molecule has 2 N–H and O–H groups in total. The molecule has 2 aromatic heterocycles. The van der Waals surface area contributed by atoms with E-state index in [1.54, 1.807) is 24.3 Å². The summed E-state index contributed by atoms with van der Waals surface area (Å²) in [5.74, 6) is 2.22. The molecule has 1 amide bonds. The minimum atomic E-state index is -0.489. The van der Waals surface area contributed by atoms with Crippen LogP contribution in [0.3, 0.4) is 0 Å². The number of carbonyl (C=O) groups is 1. The Morgan fingerprint density at radius 2 is 1.85 bits per heavy atom. The van der Waals surface area contributed by atoms with Crippen molar-refractivity contribution in [1.82, 2.24) is 9.55 Å². The molecule has 6 heteroatoms. The zero-order valence-corrected chi connectivity index (χ0v) is 19.8. The number of nitrogens with two attached hydrogens (primary N) is 1. The fraction of sp³-hybridized carbons (Fsp3) is 0.393. The Balaban J connectivity index is 1.62. The Morgan fingerprint density at radius 3 is 2.53 bits per heavy atom. The van der Waals surface area contributed by atoms with Crippen LogP contribution in [0.15, 0.2) is 51.7 Å². The van der Waals surface area contributed by atoms with Crippen LogP contribution < -0.4 is 11.2 Å². The van der Waals surface area contributed by atoms with E-state index in [2.05, 4.69) is 18.4 Å². The van der Waals surface area contributed by atoms with Gasteiger partial charge in [0.15, 0.2) is 5.43 Å². The standard InChI is InChI=1S/C28H31N3O3/c1-17(2)12-27-30-22-13-21-24(32)15-25(19-8-10-20(11-9-19)28(29)33)34-26(21)14-23(22)31(27)16-18-6-4-3-5-7-18/h8-11,13-15,17-18H,3-7,12,16H2,1-2H3,(H2,29,33). The monoisotopic (exact) mass is 457 g/mol. The Hall–Kier alpha value is -3.41. The zero-order valence-electron chi connectivity index (χ0n) is 19.8. The average Bonchev–Trinajstić information content (AvgIpc) is 3.13. The van der Waals surface area contributed by atoms with E-state index < -0.39 is 5.91 Å². The Morgan fingerprint density at radius 1 is 1.12 bits per heavy atom. The molecule has 1 fully saturated rings. The Bertz CT molecular complexity index is 1410. The van der Waals surface area contributed by atoms with Gasteiger partial charge in [0, 0.05) is 36.2 Å². The summed E-state index contributed by atoms with van der Waals surface area (Å²) >= 11 is 0. The molecule has 34 heavy (non-hydrogen) atoms. The number of amides is 1. The van der Waals surface area contributed by atoms with Gasteiger partial charge < -0.3 is 14.7 Å². The molecule has 1 saturated carbocycles. The van der Waals surface area contributed by atoms with Gasteiger partial charge in [0.2, 0.25) is 5.91 Å². The first-order chi connectivity index (χ1) is 16.4. The summed E-state index contributed by atoms with van der Waals surface area (Å²) in [4.78, 5) is 29.4. The van der Waals surface area contributed by atoms with E-state index in [4.69, 9.17) is 15.1 Å². The maximum absolute atomic E-state index is 13.0. The first kappa shape index (κ1) is 22.4. The third kappa shape index (κ3) is 4.37. The van der Waals surface area contributed by atoms with Crippen molar-refractivity contribution in [2.75, 3.05) is 0 Å². The number of hydrogen-bond donors (Lipinski definition) is 1. The summed E-state index contributed by atoms with van der Waals surface area (Å²) in [6, 6.07) is 12.1. The molecule has 1 aliphatic rings. The number of aromatic nitrogens is 2. The molecule has 2 heterocycles. The molecular weight excluding hydrogens is 426 g/mol. The first-order valence-corrected chi connectivity index (χ1v) is 12.3. The lowest BCUT2D eigenvalue weighted by atomic mass is 9.89. The second kappa shape index (κ2) is 9.09. The molecule has 1 aliphatic carbocycles. The molecule has 0 spiro atoms. The number of hydrogen-bond acceptors (Lipinski definition) is 4. The van der Waals surface area contributed by atoms with Gasteiger partial charge >= 0.3 is 0 Å². The van der Waals surface area contributed by atoms with Crippen LogP contribution in [0.25, 0.3) is 33.3 Å². The smallest absolute Gasteiger partial charge is 0.248 e. The number of nitrogens with zero attached hydrogens (tertiary/aromatic N) is 2. The summed E-state index contributed by atoms with van der Waals surface area (Å²) in [5.41, 5.74) is 8.81. The van der Waals surface area contributed by atoms with Gasteiger partial charge in [-0.15, -0.1) is 0 Å². The molecule has 0 aliphatic heterocycles. The number of rotatable bonds is 6. The molecule has 0 radical (unpaired) electrons. The van der Waals surface area contributed by atoms with Crippen LogP contribution in [0, 0.1) is 11.8 Å². The molecule has 5 rings (SSSR count). The van der Waals surface area contributed by atoms with Crippen molar-refractivity contribution in [3.63, 3.8) is 0 Å². The highest BCUT2D eigenvalue weighted by atomic mass is 16.3. The van der Waals surface area contributed by atoms with Gasteiger partial charge in [-0.05, 0) is 42.9 Å². The van der Waals surface area contributed by atoms with Crippen LogP contribution >= 0.6 is 0 Å². The quantitative estimate of drug-likeness (QED) is 0.403. The number of fused-ring (bicyclic) bond motifs is 2. The van der Waals surface area contributed by atoms with Crippen molar-refractivity contribution >= 4 is 27.9 Å². The average molecular weight is 458 g/mol. The van der Waals surface area contributed by atoms with E-state index in [1.807, 2.05) is 12.1 Å². The normalized spacial score (nSPS) is 14.9. The molecule has 6 nitrogen and oxygen atoms in total. The van der Waals surface area contributed by atoms with Crippen LogP contribution in [0.1, 0.15) is 62.1 Å². The minimum Gasteiger partial charge on any atom is -0.456 e. The highest BCUT2D eigenvalue weighted by Gasteiger charge is 2.20. The van der Waals surface area contributed by atoms with Gasteiger partial charge in [-0.1, -0.05) is 45.2 Å². The van der Waals surface area contributed by atoms with E-state index in [1.165, 1.54) is 38.2 Å². The Labute approximate surface area is 198 Å². The van der Waals surface area contributed by atoms with Gasteiger partial charge in [0.1, 0.15) is 17.2 Å². The van der Waals surface area contributed by atoms with Crippen LogP contribution in [0.2, 0.25) is 0 Å². The van der Waals surface area contributed by atoms with E-state index in [0.717, 1.165) is 35.4 Å². The molecule has 0 bridgehead atoms. The van der Waals surface area contributed by atoms with E-state index in [0.29, 0.717) is 34.1 Å². The number of primary amides is 1. The van der Waals surface area contributed by atoms with Crippen molar-refractivity contribution in [1.29, 1.82) is 0 Å². The van der Waals surface area contributed by atoms with Crippen molar-refractivity contribution in [3.05, 3.63) is 64.1 Å². The highest BCUT2D eigenvalue weighted by molar-refractivity contribution is 5.94. The molecule has 176 valence electrons. The van der Waals surface area contributed by atoms with Crippen molar-refractivity contribution < 1.29 is 9.21 Å². The third-order valence-electron chi connectivity index (χ3n) is 6.89. The first-order valence-electron chi connectivity index (χ1n) is 12.3. The maximum Gasteiger partial charge on any atom is 0.248 e. The highest BCUT2D eigenvalue weighted by Crippen LogP contribution is 2.31. The van der Waals surface area contributed by atoms with Crippen LogP contribution in [-0.2, 0) is 13.0 Å². The summed E-state index contributed by atoms with van der Waals surface area (Å²) < 4.78 is 8.58. The molecule has 0 atom stereocenters. The summed E-state index contributed by atoms with van der Waals surface area (Å²) in [6.45, 7) is 5.38. The van der Waals surface area contributed by atoms with Gasteiger partial charge in [-0.3, -0.25) is 9.59 Å². The second-order valence-corrected chi connectivity index (χ2v) is 9.99. The summed E-state index contributed by atoms with van der Waals surface area (Å²) in [5, 5.41) is 0.531.